The van der Waals surface area contributed by atoms with E-state index in [4.69, 9.17) is 5.73 Å². The van der Waals surface area contributed by atoms with Crippen LogP contribution >= 0.6 is 0 Å². The van der Waals surface area contributed by atoms with Gasteiger partial charge in [0.25, 0.3) is 0 Å². The van der Waals surface area contributed by atoms with Crippen LogP contribution in [0.5, 0.6) is 0 Å². The van der Waals surface area contributed by atoms with Gasteiger partial charge >= 0.3 is 0 Å². The fraction of sp³-hybridized carbons (Fsp3) is 0.267. The van der Waals surface area contributed by atoms with E-state index in [1.807, 2.05) is 31.2 Å². The normalized spacial score (nSPS) is 14.2. The highest BCUT2D eigenvalue weighted by Gasteiger charge is 2.14. The van der Waals surface area contributed by atoms with E-state index >= 15 is 0 Å². The second kappa shape index (κ2) is 5.19. The first-order chi connectivity index (χ1) is 8.59. The van der Waals surface area contributed by atoms with Gasteiger partial charge in [-0.1, -0.05) is 42.5 Å². The zero-order valence-electron chi connectivity index (χ0n) is 10.7. The molecular weight excluding hydrogens is 224 g/mol. The van der Waals surface area contributed by atoms with Crippen LogP contribution < -0.4 is 11.1 Å². The quantitative estimate of drug-likeness (QED) is 0.868. The van der Waals surface area contributed by atoms with Gasteiger partial charge in [0, 0.05) is 0 Å². The number of hydrogen-bond donors (Lipinski definition) is 2. The summed E-state index contributed by atoms with van der Waals surface area (Å²) in [7, 11) is 0. The van der Waals surface area contributed by atoms with E-state index < -0.39 is 6.04 Å². The summed E-state index contributed by atoms with van der Waals surface area (Å²) in [5.41, 5.74) is 6.68. The molecule has 94 valence electrons. The molecule has 0 spiro atoms. The third-order valence-corrected chi connectivity index (χ3v) is 3.06. The Hall–Kier alpha value is -1.87. The number of carbonyl (C=O) groups excluding carboxylic acids is 1. The minimum absolute atomic E-state index is 0.0467. The van der Waals surface area contributed by atoms with Crippen molar-refractivity contribution in [3.8, 4) is 0 Å². The van der Waals surface area contributed by atoms with Crippen molar-refractivity contribution in [2.45, 2.75) is 25.9 Å². The fourth-order valence-electron chi connectivity index (χ4n) is 2.05. The molecule has 3 N–H and O–H groups in total. The molecule has 3 heteroatoms. The molecule has 2 aromatic rings. The number of hydrogen-bond acceptors (Lipinski definition) is 2. The topological polar surface area (TPSA) is 55.1 Å². The highest BCUT2D eigenvalue weighted by Crippen LogP contribution is 2.23. The summed E-state index contributed by atoms with van der Waals surface area (Å²) in [6, 6.07) is 13.7. The molecule has 1 amide bonds. The van der Waals surface area contributed by atoms with E-state index in [0.717, 1.165) is 10.9 Å². The van der Waals surface area contributed by atoms with Gasteiger partial charge in [-0.2, -0.15) is 0 Å². The largest absolute Gasteiger partial charge is 0.348 e. The summed E-state index contributed by atoms with van der Waals surface area (Å²) in [4.78, 5) is 11.6. The van der Waals surface area contributed by atoms with Gasteiger partial charge in [0.1, 0.15) is 0 Å². The highest BCUT2D eigenvalue weighted by atomic mass is 16.2. The second-order valence-corrected chi connectivity index (χ2v) is 4.59. The molecule has 2 rings (SSSR count). The molecule has 0 fully saturated rings. The number of fused-ring (bicyclic) bond motifs is 1. The molecule has 18 heavy (non-hydrogen) atoms. The smallest absolute Gasteiger partial charge is 0.237 e. The van der Waals surface area contributed by atoms with Crippen molar-refractivity contribution >= 4 is 16.7 Å². The number of nitrogens with two attached hydrogens (primary N) is 1. The Kier molecular flexibility index (Phi) is 3.63. The summed E-state index contributed by atoms with van der Waals surface area (Å²) in [6.07, 6.45) is 0. The molecule has 0 aliphatic carbocycles. The standard InChI is InChI=1S/C15H18N2O/c1-10(16)15(18)17-11(2)13-9-5-7-12-6-3-4-8-14(12)13/h3-11H,16H2,1-2H3,(H,17,18). The maximum absolute atomic E-state index is 11.6. The first-order valence-corrected chi connectivity index (χ1v) is 6.13. The van der Waals surface area contributed by atoms with Crippen molar-refractivity contribution in [2.75, 3.05) is 0 Å². The monoisotopic (exact) mass is 242 g/mol. The maximum Gasteiger partial charge on any atom is 0.237 e. The fourth-order valence-corrected chi connectivity index (χ4v) is 2.05. The van der Waals surface area contributed by atoms with Crippen LogP contribution in [0.3, 0.4) is 0 Å². The van der Waals surface area contributed by atoms with Crippen molar-refractivity contribution in [2.24, 2.45) is 5.73 Å². The van der Waals surface area contributed by atoms with Crippen LogP contribution in [-0.4, -0.2) is 11.9 Å². The van der Waals surface area contributed by atoms with E-state index in [9.17, 15) is 4.79 Å². The summed E-state index contributed by atoms with van der Waals surface area (Å²) in [5, 5.41) is 5.27. The van der Waals surface area contributed by atoms with Gasteiger partial charge in [-0.15, -0.1) is 0 Å². The molecule has 0 radical (unpaired) electrons. The van der Waals surface area contributed by atoms with Gasteiger partial charge in [0.2, 0.25) is 5.91 Å². The summed E-state index contributed by atoms with van der Waals surface area (Å²) in [6.45, 7) is 3.66. The molecule has 0 aromatic heterocycles. The molecule has 2 unspecified atom stereocenters. The lowest BCUT2D eigenvalue weighted by Crippen LogP contribution is -2.39. The van der Waals surface area contributed by atoms with Crippen molar-refractivity contribution in [1.29, 1.82) is 0 Å². The van der Waals surface area contributed by atoms with Crippen LogP contribution in [0.4, 0.5) is 0 Å². The second-order valence-electron chi connectivity index (χ2n) is 4.59. The minimum atomic E-state index is -0.484. The average Bonchev–Trinajstić information content (AvgIpc) is 2.37. The first-order valence-electron chi connectivity index (χ1n) is 6.13. The van der Waals surface area contributed by atoms with Crippen LogP contribution in [0.25, 0.3) is 10.8 Å². The Balaban J connectivity index is 2.33. The van der Waals surface area contributed by atoms with Gasteiger partial charge in [0.15, 0.2) is 0 Å². The van der Waals surface area contributed by atoms with Gasteiger partial charge in [-0.05, 0) is 30.2 Å². The Bertz CT molecular complexity index is 558. The Labute approximate surface area is 107 Å². The number of nitrogens with one attached hydrogen (secondary N) is 1. The minimum Gasteiger partial charge on any atom is -0.348 e. The zero-order chi connectivity index (χ0) is 13.1. The van der Waals surface area contributed by atoms with Crippen LogP contribution in [-0.2, 0) is 4.79 Å². The lowest BCUT2D eigenvalue weighted by molar-refractivity contribution is -0.122. The van der Waals surface area contributed by atoms with Crippen molar-refractivity contribution in [3.63, 3.8) is 0 Å². The summed E-state index contributed by atoms with van der Waals surface area (Å²) < 4.78 is 0. The van der Waals surface area contributed by atoms with E-state index in [1.165, 1.54) is 5.39 Å². The number of amides is 1. The molecule has 0 aliphatic heterocycles. The zero-order valence-corrected chi connectivity index (χ0v) is 10.7. The van der Waals surface area contributed by atoms with E-state index in [0.29, 0.717) is 0 Å². The number of rotatable bonds is 3. The van der Waals surface area contributed by atoms with E-state index in [2.05, 4.69) is 23.5 Å². The van der Waals surface area contributed by atoms with Crippen LogP contribution in [0.1, 0.15) is 25.5 Å². The predicted octanol–water partition coefficient (Wildman–Crippen LogP) is 2.36. The van der Waals surface area contributed by atoms with Gasteiger partial charge in [-0.25, -0.2) is 0 Å². The molecule has 0 bridgehead atoms. The van der Waals surface area contributed by atoms with Gasteiger partial charge in [0.05, 0.1) is 12.1 Å². The van der Waals surface area contributed by atoms with Gasteiger partial charge < -0.3 is 11.1 Å². The predicted molar refractivity (Wildman–Crippen MR) is 74.2 cm³/mol. The molecule has 0 heterocycles. The maximum atomic E-state index is 11.6. The van der Waals surface area contributed by atoms with Crippen molar-refractivity contribution in [3.05, 3.63) is 48.0 Å². The molecular formula is C15H18N2O. The molecule has 0 saturated carbocycles. The Morgan fingerprint density at radius 1 is 1.11 bits per heavy atom. The highest BCUT2D eigenvalue weighted by molar-refractivity contribution is 5.87. The molecule has 3 nitrogen and oxygen atoms in total. The van der Waals surface area contributed by atoms with Crippen molar-refractivity contribution in [1.82, 2.24) is 5.32 Å². The van der Waals surface area contributed by atoms with Gasteiger partial charge in [-0.3, -0.25) is 4.79 Å². The summed E-state index contributed by atoms with van der Waals surface area (Å²) in [5.74, 6) is -0.129. The number of carbonyl (C=O) groups is 1. The van der Waals surface area contributed by atoms with Crippen LogP contribution in [0.15, 0.2) is 42.5 Å². The van der Waals surface area contributed by atoms with Crippen LogP contribution in [0.2, 0.25) is 0 Å². The molecule has 0 saturated heterocycles. The van der Waals surface area contributed by atoms with E-state index in [-0.39, 0.29) is 11.9 Å². The van der Waals surface area contributed by atoms with Crippen molar-refractivity contribution < 1.29 is 4.79 Å². The lowest BCUT2D eigenvalue weighted by Gasteiger charge is -2.17. The third kappa shape index (κ3) is 2.51. The number of benzene rings is 2. The Morgan fingerprint density at radius 2 is 1.78 bits per heavy atom. The van der Waals surface area contributed by atoms with Crippen LogP contribution in [0, 0.1) is 0 Å². The molecule has 2 aromatic carbocycles. The lowest BCUT2D eigenvalue weighted by atomic mass is 9.99. The third-order valence-electron chi connectivity index (χ3n) is 3.06. The Morgan fingerprint density at radius 3 is 2.50 bits per heavy atom. The SMILES string of the molecule is CC(N)C(=O)NC(C)c1cccc2ccccc12. The average molecular weight is 242 g/mol. The molecule has 0 aliphatic rings. The molecule has 2 atom stereocenters. The summed E-state index contributed by atoms with van der Waals surface area (Å²) >= 11 is 0. The first kappa shape index (κ1) is 12.6. The van der Waals surface area contributed by atoms with E-state index in [1.54, 1.807) is 6.92 Å².